The zero-order valence-electron chi connectivity index (χ0n) is 14.5. The van der Waals surface area contributed by atoms with E-state index in [0.29, 0.717) is 23.9 Å². The highest BCUT2D eigenvalue weighted by Gasteiger charge is 2.27. The van der Waals surface area contributed by atoms with E-state index >= 15 is 0 Å². The van der Waals surface area contributed by atoms with Gasteiger partial charge in [0.2, 0.25) is 10.0 Å². The Morgan fingerprint density at radius 2 is 1.77 bits per heavy atom. The molecule has 0 amide bonds. The second-order valence-electron chi connectivity index (χ2n) is 7.26. The molecule has 2 aliphatic rings. The van der Waals surface area contributed by atoms with E-state index in [4.69, 9.17) is 0 Å². The molecule has 1 N–H and O–H groups in total. The highest BCUT2D eigenvalue weighted by molar-refractivity contribution is 7.89. The van der Waals surface area contributed by atoms with Gasteiger partial charge < -0.3 is 4.98 Å². The maximum Gasteiger partial charge on any atom is 0.243 e. The number of hydrogen-bond donors (Lipinski definition) is 1. The predicted octanol–water partition coefficient (Wildman–Crippen LogP) is 3.89. The van der Waals surface area contributed by atoms with Gasteiger partial charge in [-0.05, 0) is 67.0 Å². The van der Waals surface area contributed by atoms with Gasteiger partial charge in [0.1, 0.15) is 5.65 Å². The van der Waals surface area contributed by atoms with Crippen molar-refractivity contribution in [1.82, 2.24) is 14.3 Å². The lowest BCUT2D eigenvalue weighted by Crippen LogP contribution is -2.27. The van der Waals surface area contributed by atoms with Crippen LogP contribution in [0, 0.1) is 0 Å². The molecule has 2 fully saturated rings. The normalized spacial score (nSPS) is 18.6. The van der Waals surface area contributed by atoms with E-state index in [0.717, 1.165) is 35.0 Å². The summed E-state index contributed by atoms with van der Waals surface area (Å²) in [4.78, 5) is 8.25. The second kappa shape index (κ2) is 5.93. The summed E-state index contributed by atoms with van der Waals surface area (Å²) < 4.78 is 27.0. The summed E-state index contributed by atoms with van der Waals surface area (Å²) in [6.07, 6.45) is 6.18. The van der Waals surface area contributed by atoms with Crippen LogP contribution < -0.4 is 0 Å². The van der Waals surface area contributed by atoms with Crippen molar-refractivity contribution in [3.63, 3.8) is 0 Å². The summed E-state index contributed by atoms with van der Waals surface area (Å²) in [7, 11) is -3.36. The summed E-state index contributed by atoms with van der Waals surface area (Å²) in [6, 6.07) is 11.5. The van der Waals surface area contributed by atoms with E-state index in [1.165, 1.54) is 18.5 Å². The number of nitrogens with one attached hydrogen (secondary N) is 1. The van der Waals surface area contributed by atoms with Crippen LogP contribution in [0.1, 0.15) is 37.3 Å². The van der Waals surface area contributed by atoms with E-state index < -0.39 is 10.0 Å². The van der Waals surface area contributed by atoms with Crippen molar-refractivity contribution in [2.75, 3.05) is 13.1 Å². The Hall–Kier alpha value is -2.18. The largest absolute Gasteiger partial charge is 0.343 e. The third kappa shape index (κ3) is 2.64. The van der Waals surface area contributed by atoms with Crippen LogP contribution in [0.2, 0.25) is 0 Å². The number of fused-ring (bicyclic) bond motifs is 1. The average molecular weight is 367 g/mol. The van der Waals surface area contributed by atoms with Gasteiger partial charge >= 0.3 is 0 Å². The van der Waals surface area contributed by atoms with Gasteiger partial charge in [0.25, 0.3) is 0 Å². The van der Waals surface area contributed by atoms with Crippen LogP contribution in [0.3, 0.4) is 0 Å². The molecule has 26 heavy (non-hydrogen) atoms. The fourth-order valence-corrected chi connectivity index (χ4v) is 5.31. The molecule has 5 rings (SSSR count). The van der Waals surface area contributed by atoms with E-state index in [-0.39, 0.29) is 0 Å². The fourth-order valence-electron chi connectivity index (χ4n) is 3.80. The van der Waals surface area contributed by atoms with Crippen LogP contribution in [0.4, 0.5) is 0 Å². The zero-order chi connectivity index (χ0) is 17.7. The van der Waals surface area contributed by atoms with E-state index in [9.17, 15) is 8.42 Å². The molecule has 2 aromatic heterocycles. The molecule has 5 nitrogen and oxygen atoms in total. The van der Waals surface area contributed by atoms with Crippen molar-refractivity contribution in [2.45, 2.75) is 36.5 Å². The number of pyridine rings is 1. The molecule has 6 heteroatoms. The topological polar surface area (TPSA) is 66.1 Å². The Kier molecular flexibility index (Phi) is 3.65. The standard InChI is InChI=1S/C20H21N3O2S/c24-26(25,23-11-1-2-12-23)16-7-5-14(6-8-16)17-9-10-21-20-18(17)13-19(22-20)15-3-4-15/h5-10,13,15H,1-4,11-12H2,(H,21,22). The van der Waals surface area contributed by atoms with Crippen LogP contribution >= 0.6 is 0 Å². The van der Waals surface area contributed by atoms with Crippen molar-refractivity contribution in [3.8, 4) is 11.1 Å². The van der Waals surface area contributed by atoms with E-state index in [2.05, 4.69) is 16.0 Å². The first kappa shape index (κ1) is 16.0. The van der Waals surface area contributed by atoms with Gasteiger partial charge in [-0.2, -0.15) is 4.31 Å². The van der Waals surface area contributed by atoms with Gasteiger partial charge in [-0.1, -0.05) is 12.1 Å². The first-order valence-corrected chi connectivity index (χ1v) is 10.7. The van der Waals surface area contributed by atoms with Gasteiger partial charge in [0, 0.05) is 30.4 Å². The van der Waals surface area contributed by atoms with Crippen molar-refractivity contribution in [3.05, 3.63) is 48.3 Å². The average Bonchev–Trinajstić information content (AvgIpc) is 3.18. The number of rotatable bonds is 4. The molecule has 3 heterocycles. The van der Waals surface area contributed by atoms with Crippen molar-refractivity contribution >= 4 is 21.1 Å². The third-order valence-corrected chi connectivity index (χ3v) is 7.35. The van der Waals surface area contributed by atoms with Crippen LogP contribution in [-0.2, 0) is 10.0 Å². The maximum atomic E-state index is 12.7. The molecule has 1 aromatic carbocycles. The van der Waals surface area contributed by atoms with Crippen LogP contribution in [0.15, 0.2) is 47.5 Å². The van der Waals surface area contributed by atoms with Crippen molar-refractivity contribution < 1.29 is 8.42 Å². The smallest absolute Gasteiger partial charge is 0.243 e. The van der Waals surface area contributed by atoms with Crippen LogP contribution in [-0.4, -0.2) is 35.8 Å². The van der Waals surface area contributed by atoms with Crippen molar-refractivity contribution in [2.24, 2.45) is 0 Å². The Morgan fingerprint density at radius 3 is 2.46 bits per heavy atom. The van der Waals surface area contributed by atoms with Crippen LogP contribution in [0.5, 0.6) is 0 Å². The van der Waals surface area contributed by atoms with Crippen LogP contribution in [0.25, 0.3) is 22.2 Å². The number of H-pyrrole nitrogens is 1. The lowest BCUT2D eigenvalue weighted by molar-refractivity contribution is 0.477. The molecule has 0 radical (unpaired) electrons. The maximum absolute atomic E-state index is 12.7. The minimum atomic E-state index is -3.36. The fraction of sp³-hybridized carbons (Fsp3) is 0.350. The second-order valence-corrected chi connectivity index (χ2v) is 9.19. The number of nitrogens with zero attached hydrogens (tertiary/aromatic N) is 2. The summed E-state index contributed by atoms with van der Waals surface area (Å²) in [6.45, 7) is 1.25. The third-order valence-electron chi connectivity index (χ3n) is 5.44. The molecule has 1 saturated heterocycles. The van der Waals surface area contributed by atoms with Gasteiger partial charge in [-0.25, -0.2) is 13.4 Å². The minimum absolute atomic E-state index is 0.376. The molecule has 0 spiro atoms. The van der Waals surface area contributed by atoms with Gasteiger partial charge in [0.05, 0.1) is 4.90 Å². The Labute approximate surface area is 153 Å². The number of sulfonamides is 1. The molecule has 1 aliphatic heterocycles. The summed E-state index contributed by atoms with van der Waals surface area (Å²) in [5.74, 6) is 0.644. The Morgan fingerprint density at radius 1 is 1.04 bits per heavy atom. The molecule has 134 valence electrons. The monoisotopic (exact) mass is 367 g/mol. The molecule has 0 atom stereocenters. The van der Waals surface area contributed by atoms with Gasteiger partial charge in [-0.3, -0.25) is 0 Å². The molecular formula is C20H21N3O2S. The van der Waals surface area contributed by atoms with E-state index in [1.54, 1.807) is 22.6 Å². The van der Waals surface area contributed by atoms with Gasteiger partial charge in [0.15, 0.2) is 0 Å². The quantitative estimate of drug-likeness (QED) is 0.761. The summed E-state index contributed by atoms with van der Waals surface area (Å²) >= 11 is 0. The van der Waals surface area contributed by atoms with E-state index in [1.807, 2.05) is 18.2 Å². The lowest BCUT2D eigenvalue weighted by atomic mass is 10.0. The number of benzene rings is 1. The Balaban J connectivity index is 1.52. The first-order valence-electron chi connectivity index (χ1n) is 9.21. The molecule has 3 aromatic rings. The molecular weight excluding hydrogens is 346 g/mol. The molecule has 0 unspecified atom stereocenters. The molecule has 1 saturated carbocycles. The molecule has 0 bridgehead atoms. The highest BCUT2D eigenvalue weighted by Crippen LogP contribution is 2.41. The predicted molar refractivity (Wildman–Crippen MR) is 101 cm³/mol. The highest BCUT2D eigenvalue weighted by atomic mass is 32.2. The number of aromatic amines is 1. The summed E-state index contributed by atoms with van der Waals surface area (Å²) in [5, 5.41) is 1.10. The zero-order valence-corrected chi connectivity index (χ0v) is 15.3. The van der Waals surface area contributed by atoms with Crippen molar-refractivity contribution in [1.29, 1.82) is 0 Å². The summed E-state index contributed by atoms with van der Waals surface area (Å²) in [5.41, 5.74) is 4.26. The van der Waals surface area contributed by atoms with Gasteiger partial charge in [-0.15, -0.1) is 0 Å². The number of hydrogen-bond acceptors (Lipinski definition) is 3. The molecule has 1 aliphatic carbocycles. The minimum Gasteiger partial charge on any atom is -0.343 e. The SMILES string of the molecule is O=S(=O)(c1ccc(-c2ccnc3[nH]c(C4CC4)cc23)cc1)N1CCCC1. The number of aromatic nitrogens is 2. The lowest BCUT2D eigenvalue weighted by Gasteiger charge is -2.15. The Bertz CT molecular complexity index is 1060. The first-order chi connectivity index (χ1) is 12.6.